The average Bonchev–Trinajstić information content (AvgIpc) is 2.61. The third-order valence-electron chi connectivity index (χ3n) is 3.40. The van der Waals surface area contributed by atoms with Crippen LogP contribution < -0.4 is 20.7 Å². The van der Waals surface area contributed by atoms with Crippen LogP contribution in [-0.2, 0) is 14.3 Å². The smallest absolute Gasteiger partial charge is 0.408 e. The first-order chi connectivity index (χ1) is 13.2. The maximum atomic E-state index is 11.7. The van der Waals surface area contributed by atoms with Gasteiger partial charge in [0.05, 0.1) is 13.2 Å². The molecule has 0 heterocycles. The monoisotopic (exact) mass is 393 g/mol. The molecule has 0 radical (unpaired) electrons. The summed E-state index contributed by atoms with van der Waals surface area (Å²) in [5.41, 5.74) is 0.551. The normalized spacial score (nSPS) is 10.7. The van der Waals surface area contributed by atoms with Gasteiger partial charge in [-0.25, -0.2) is 4.79 Å². The molecule has 0 spiro atoms. The molecule has 156 valence electrons. The summed E-state index contributed by atoms with van der Waals surface area (Å²) in [5, 5.41) is 7.68. The standard InChI is InChI=1S/C20H31N3O5/c1-15-7-9-16(10-8-15)27-13-5-6-17(24)21-11-12-22-18(25)14-23-19(26)28-20(2,3)4/h7-10H,5-6,11-14H2,1-4H3,(H,21,24)(H,22,25)(H,23,26). The van der Waals surface area contributed by atoms with Crippen molar-refractivity contribution in [1.82, 2.24) is 16.0 Å². The Kier molecular flexibility index (Phi) is 9.84. The third-order valence-corrected chi connectivity index (χ3v) is 3.40. The SMILES string of the molecule is Cc1ccc(OCCCC(=O)NCCNC(=O)CNC(=O)OC(C)(C)C)cc1. The number of rotatable bonds is 10. The van der Waals surface area contributed by atoms with E-state index in [0.717, 1.165) is 5.75 Å². The van der Waals surface area contributed by atoms with Gasteiger partial charge in [0.2, 0.25) is 11.8 Å². The molecule has 0 atom stereocenters. The van der Waals surface area contributed by atoms with E-state index in [-0.39, 0.29) is 24.9 Å². The van der Waals surface area contributed by atoms with Crippen molar-refractivity contribution >= 4 is 17.9 Å². The van der Waals surface area contributed by atoms with Crippen molar-refractivity contribution in [3.05, 3.63) is 29.8 Å². The van der Waals surface area contributed by atoms with E-state index in [1.54, 1.807) is 20.8 Å². The highest BCUT2D eigenvalue weighted by Gasteiger charge is 2.16. The van der Waals surface area contributed by atoms with E-state index in [2.05, 4.69) is 16.0 Å². The predicted molar refractivity (Wildman–Crippen MR) is 106 cm³/mol. The molecule has 0 bridgehead atoms. The summed E-state index contributed by atoms with van der Waals surface area (Å²) in [7, 11) is 0. The minimum atomic E-state index is -0.649. The lowest BCUT2D eigenvalue weighted by Gasteiger charge is -2.19. The molecule has 1 rings (SSSR count). The number of hydrogen-bond acceptors (Lipinski definition) is 5. The van der Waals surface area contributed by atoms with Crippen LogP contribution in [0.1, 0.15) is 39.2 Å². The first kappa shape index (κ1) is 23.3. The summed E-state index contributed by atoms with van der Waals surface area (Å²) in [5.74, 6) is 0.328. The van der Waals surface area contributed by atoms with Gasteiger partial charge in [-0.15, -0.1) is 0 Å². The summed E-state index contributed by atoms with van der Waals surface area (Å²) in [6.45, 7) is 8.10. The molecule has 3 N–H and O–H groups in total. The number of nitrogens with one attached hydrogen (secondary N) is 3. The fourth-order valence-electron chi connectivity index (χ4n) is 2.08. The molecule has 1 aromatic rings. The largest absolute Gasteiger partial charge is 0.494 e. The third kappa shape index (κ3) is 11.8. The molecule has 3 amide bonds. The number of alkyl carbamates (subject to hydrolysis) is 1. The Balaban J connectivity index is 2.02. The maximum Gasteiger partial charge on any atom is 0.408 e. The number of aryl methyl sites for hydroxylation is 1. The molecule has 1 aromatic carbocycles. The van der Waals surface area contributed by atoms with E-state index in [4.69, 9.17) is 9.47 Å². The quantitative estimate of drug-likeness (QED) is 0.527. The first-order valence-electron chi connectivity index (χ1n) is 9.35. The van der Waals surface area contributed by atoms with Crippen molar-refractivity contribution in [3.8, 4) is 5.75 Å². The van der Waals surface area contributed by atoms with E-state index in [1.165, 1.54) is 5.56 Å². The molecule has 0 aliphatic carbocycles. The number of hydrogen-bond donors (Lipinski definition) is 3. The van der Waals surface area contributed by atoms with Crippen molar-refractivity contribution in [3.63, 3.8) is 0 Å². The van der Waals surface area contributed by atoms with Crippen LogP contribution >= 0.6 is 0 Å². The van der Waals surface area contributed by atoms with E-state index in [0.29, 0.717) is 26.0 Å². The molecule has 8 heteroatoms. The van der Waals surface area contributed by atoms with Crippen molar-refractivity contribution < 1.29 is 23.9 Å². The minimum absolute atomic E-state index is 0.103. The van der Waals surface area contributed by atoms with Crippen molar-refractivity contribution in [1.29, 1.82) is 0 Å². The number of benzene rings is 1. The second-order valence-corrected chi connectivity index (χ2v) is 7.32. The van der Waals surface area contributed by atoms with Gasteiger partial charge in [-0.05, 0) is 46.2 Å². The summed E-state index contributed by atoms with van der Waals surface area (Å²) in [4.78, 5) is 34.8. The molecular weight excluding hydrogens is 362 g/mol. The fraction of sp³-hybridized carbons (Fsp3) is 0.550. The summed E-state index contributed by atoms with van der Waals surface area (Å²) in [6, 6.07) is 7.74. The molecule has 8 nitrogen and oxygen atoms in total. The second-order valence-electron chi connectivity index (χ2n) is 7.32. The summed E-state index contributed by atoms with van der Waals surface area (Å²) < 4.78 is 10.6. The minimum Gasteiger partial charge on any atom is -0.494 e. The van der Waals surface area contributed by atoms with Crippen molar-refractivity contribution in [2.75, 3.05) is 26.2 Å². The molecule has 0 aliphatic rings. The van der Waals surface area contributed by atoms with Crippen LogP contribution in [0.3, 0.4) is 0 Å². The van der Waals surface area contributed by atoms with E-state index in [9.17, 15) is 14.4 Å². The highest BCUT2D eigenvalue weighted by atomic mass is 16.6. The van der Waals surface area contributed by atoms with Crippen molar-refractivity contribution in [2.45, 2.75) is 46.1 Å². The Bertz CT molecular complexity index is 638. The van der Waals surface area contributed by atoms with Gasteiger partial charge < -0.3 is 25.4 Å². The van der Waals surface area contributed by atoms with Crippen LogP contribution in [0.2, 0.25) is 0 Å². The zero-order chi connectivity index (χ0) is 21.0. The fourth-order valence-corrected chi connectivity index (χ4v) is 2.08. The van der Waals surface area contributed by atoms with Gasteiger partial charge in [0, 0.05) is 19.5 Å². The Labute approximate surface area is 166 Å². The average molecular weight is 393 g/mol. The molecule has 0 saturated heterocycles. The van der Waals surface area contributed by atoms with E-state index in [1.807, 2.05) is 31.2 Å². The van der Waals surface area contributed by atoms with Crippen LogP contribution in [-0.4, -0.2) is 49.7 Å². The van der Waals surface area contributed by atoms with Crippen LogP contribution in [0.25, 0.3) is 0 Å². The van der Waals surface area contributed by atoms with Crippen LogP contribution in [0.4, 0.5) is 4.79 Å². The van der Waals surface area contributed by atoms with Gasteiger partial charge in [-0.2, -0.15) is 0 Å². The number of carbonyl (C=O) groups is 3. The topological polar surface area (TPSA) is 106 Å². The lowest BCUT2D eigenvalue weighted by molar-refractivity contribution is -0.122. The Morgan fingerprint density at radius 2 is 1.54 bits per heavy atom. The molecular formula is C20H31N3O5. The van der Waals surface area contributed by atoms with Crippen LogP contribution in [0, 0.1) is 6.92 Å². The number of amides is 3. The van der Waals surface area contributed by atoms with Crippen molar-refractivity contribution in [2.24, 2.45) is 0 Å². The van der Waals surface area contributed by atoms with Gasteiger partial charge >= 0.3 is 6.09 Å². The van der Waals surface area contributed by atoms with Gasteiger partial charge in [-0.1, -0.05) is 17.7 Å². The van der Waals surface area contributed by atoms with Gasteiger partial charge in [0.25, 0.3) is 0 Å². The van der Waals surface area contributed by atoms with Gasteiger partial charge in [-0.3, -0.25) is 9.59 Å². The number of carbonyl (C=O) groups excluding carboxylic acids is 3. The zero-order valence-corrected chi connectivity index (χ0v) is 17.1. The Morgan fingerprint density at radius 1 is 0.929 bits per heavy atom. The molecule has 0 aliphatic heterocycles. The Morgan fingerprint density at radius 3 is 2.14 bits per heavy atom. The highest BCUT2D eigenvalue weighted by molar-refractivity contribution is 5.82. The molecule has 0 fully saturated rings. The highest BCUT2D eigenvalue weighted by Crippen LogP contribution is 2.11. The zero-order valence-electron chi connectivity index (χ0n) is 17.1. The van der Waals surface area contributed by atoms with E-state index >= 15 is 0 Å². The van der Waals surface area contributed by atoms with Gasteiger partial charge in [0.15, 0.2) is 0 Å². The summed E-state index contributed by atoms with van der Waals surface area (Å²) >= 11 is 0. The van der Waals surface area contributed by atoms with Crippen LogP contribution in [0.5, 0.6) is 5.75 Å². The van der Waals surface area contributed by atoms with Crippen LogP contribution in [0.15, 0.2) is 24.3 Å². The Hall–Kier alpha value is -2.77. The predicted octanol–water partition coefficient (Wildman–Crippen LogP) is 1.91. The summed E-state index contributed by atoms with van der Waals surface area (Å²) in [6.07, 6.45) is 0.301. The first-order valence-corrected chi connectivity index (χ1v) is 9.35. The molecule has 0 aromatic heterocycles. The molecule has 28 heavy (non-hydrogen) atoms. The lowest BCUT2D eigenvalue weighted by atomic mass is 10.2. The lowest BCUT2D eigenvalue weighted by Crippen LogP contribution is -2.42. The molecule has 0 saturated carbocycles. The number of ether oxygens (including phenoxy) is 2. The second kappa shape index (κ2) is 11.8. The molecule has 0 unspecified atom stereocenters. The maximum absolute atomic E-state index is 11.7. The van der Waals surface area contributed by atoms with Gasteiger partial charge in [0.1, 0.15) is 11.4 Å². The van der Waals surface area contributed by atoms with E-state index < -0.39 is 11.7 Å².